The zero-order valence-electron chi connectivity index (χ0n) is 15.4. The molecular weight excluding hydrogens is 386 g/mol. The van der Waals surface area contributed by atoms with Gasteiger partial charge in [0.25, 0.3) is 0 Å². The van der Waals surface area contributed by atoms with Crippen molar-refractivity contribution in [1.29, 1.82) is 5.26 Å². The van der Waals surface area contributed by atoms with Gasteiger partial charge in [-0.1, -0.05) is 71.9 Å². The third-order valence-electron chi connectivity index (χ3n) is 4.52. The molecule has 0 saturated heterocycles. The molecule has 0 radical (unpaired) electrons. The molecule has 28 heavy (non-hydrogen) atoms. The number of hydrogen-bond acceptors (Lipinski definition) is 4. The Labute approximate surface area is 174 Å². The number of hydrogen-bond donors (Lipinski definition) is 2. The van der Waals surface area contributed by atoms with Gasteiger partial charge in [0.15, 0.2) is 0 Å². The summed E-state index contributed by atoms with van der Waals surface area (Å²) in [5.74, 6) is -0.291. The minimum atomic E-state index is -0.291. The van der Waals surface area contributed by atoms with E-state index in [1.165, 1.54) is 11.8 Å². The number of nitrogens with zero attached hydrogens (tertiary/aromatic N) is 1. The molecule has 0 aliphatic rings. The summed E-state index contributed by atoms with van der Waals surface area (Å²) < 4.78 is 0. The SMILES string of the molecule is Cc1ccccc1C(C(C#N)=C(N)Sc1ccccc1N)c1ccc(Cl)cc1. The zero-order valence-corrected chi connectivity index (χ0v) is 17.0. The molecule has 5 heteroatoms. The summed E-state index contributed by atoms with van der Waals surface area (Å²) >= 11 is 7.39. The Kier molecular flexibility index (Phi) is 6.30. The van der Waals surface area contributed by atoms with Crippen molar-refractivity contribution in [2.45, 2.75) is 17.7 Å². The zero-order chi connectivity index (χ0) is 20.1. The molecule has 3 aromatic rings. The maximum absolute atomic E-state index is 10.0. The van der Waals surface area contributed by atoms with E-state index in [9.17, 15) is 5.26 Å². The molecule has 3 rings (SSSR count). The smallest absolute Gasteiger partial charge is 0.0984 e. The highest BCUT2D eigenvalue weighted by molar-refractivity contribution is 8.03. The van der Waals surface area contributed by atoms with E-state index in [2.05, 4.69) is 6.07 Å². The van der Waals surface area contributed by atoms with Crippen molar-refractivity contribution in [3.63, 3.8) is 0 Å². The predicted octanol–water partition coefficient (Wildman–Crippen LogP) is 5.85. The number of nitrogens with two attached hydrogens (primary N) is 2. The molecule has 0 saturated carbocycles. The van der Waals surface area contributed by atoms with Gasteiger partial charge in [0.2, 0.25) is 0 Å². The first-order valence-corrected chi connectivity index (χ1v) is 9.93. The minimum absolute atomic E-state index is 0.291. The summed E-state index contributed by atoms with van der Waals surface area (Å²) in [6.45, 7) is 2.03. The van der Waals surface area contributed by atoms with E-state index >= 15 is 0 Å². The number of para-hydroxylation sites is 1. The van der Waals surface area contributed by atoms with Crippen LogP contribution < -0.4 is 11.5 Å². The van der Waals surface area contributed by atoms with E-state index in [-0.39, 0.29) is 5.92 Å². The van der Waals surface area contributed by atoms with Crippen molar-refractivity contribution >= 4 is 29.1 Å². The second kappa shape index (κ2) is 8.88. The van der Waals surface area contributed by atoms with Gasteiger partial charge in [0.1, 0.15) is 0 Å². The van der Waals surface area contributed by atoms with Gasteiger partial charge >= 0.3 is 0 Å². The maximum atomic E-state index is 10.0. The largest absolute Gasteiger partial charge is 0.398 e. The number of nitriles is 1. The first-order valence-electron chi connectivity index (χ1n) is 8.74. The number of aryl methyl sites for hydroxylation is 1. The molecule has 4 N–H and O–H groups in total. The molecular formula is C23H20ClN3S. The van der Waals surface area contributed by atoms with Crippen molar-refractivity contribution in [2.75, 3.05) is 5.73 Å². The van der Waals surface area contributed by atoms with Crippen molar-refractivity contribution in [2.24, 2.45) is 5.73 Å². The topological polar surface area (TPSA) is 75.8 Å². The minimum Gasteiger partial charge on any atom is -0.398 e. The fraction of sp³-hybridized carbons (Fsp3) is 0.0870. The number of nitrogen functional groups attached to an aromatic ring is 1. The summed E-state index contributed by atoms with van der Waals surface area (Å²) in [5, 5.41) is 11.1. The number of anilines is 1. The summed E-state index contributed by atoms with van der Waals surface area (Å²) in [5.41, 5.74) is 16.7. The average molecular weight is 406 g/mol. The Balaban J connectivity index is 2.14. The molecule has 1 unspecified atom stereocenters. The second-order valence-corrected chi connectivity index (χ2v) is 7.89. The first kappa shape index (κ1) is 19.9. The molecule has 0 aliphatic heterocycles. The lowest BCUT2D eigenvalue weighted by molar-refractivity contribution is 0.957. The Morgan fingerprint density at radius 2 is 1.64 bits per heavy atom. The van der Waals surface area contributed by atoms with Gasteiger partial charge in [-0.3, -0.25) is 0 Å². The van der Waals surface area contributed by atoms with Crippen LogP contribution in [0.5, 0.6) is 0 Å². The van der Waals surface area contributed by atoms with Crippen LogP contribution in [0.25, 0.3) is 0 Å². The van der Waals surface area contributed by atoms with E-state index in [0.29, 0.717) is 21.3 Å². The number of thioether (sulfide) groups is 1. The van der Waals surface area contributed by atoms with Crippen LogP contribution in [0.1, 0.15) is 22.6 Å². The monoisotopic (exact) mass is 405 g/mol. The Morgan fingerprint density at radius 1 is 1.00 bits per heavy atom. The van der Waals surface area contributed by atoms with Crippen molar-refractivity contribution < 1.29 is 0 Å². The highest BCUT2D eigenvalue weighted by Crippen LogP contribution is 2.39. The molecule has 0 fully saturated rings. The normalized spacial score (nSPS) is 12.8. The van der Waals surface area contributed by atoms with Crippen molar-refractivity contribution in [3.05, 3.63) is 105 Å². The van der Waals surface area contributed by atoms with Crippen LogP contribution in [0.15, 0.2) is 88.3 Å². The molecule has 140 valence electrons. The Hall–Kier alpha value is -2.87. The van der Waals surface area contributed by atoms with Crippen LogP contribution in [0, 0.1) is 18.3 Å². The van der Waals surface area contributed by atoms with Gasteiger partial charge in [0.05, 0.1) is 16.7 Å². The summed E-state index contributed by atoms with van der Waals surface area (Å²) in [6, 6.07) is 25.4. The first-order chi connectivity index (χ1) is 13.5. The standard InChI is InChI=1S/C23H20ClN3S/c1-15-6-2-3-7-18(15)22(16-10-12-17(24)13-11-16)19(14-25)23(27)28-21-9-5-4-8-20(21)26/h2-13,22H,26-27H2,1H3. The third-order valence-corrected chi connectivity index (χ3v) is 5.80. The molecule has 0 aromatic heterocycles. The van der Waals surface area contributed by atoms with Gasteiger partial charge < -0.3 is 11.5 Å². The summed E-state index contributed by atoms with van der Waals surface area (Å²) in [4.78, 5) is 0.826. The molecule has 0 bridgehead atoms. The average Bonchev–Trinajstić information content (AvgIpc) is 2.69. The van der Waals surface area contributed by atoms with Crippen LogP contribution in [-0.2, 0) is 0 Å². The lowest BCUT2D eigenvalue weighted by atomic mass is 9.83. The van der Waals surface area contributed by atoms with Crippen LogP contribution in [-0.4, -0.2) is 0 Å². The lowest BCUT2D eigenvalue weighted by Gasteiger charge is -2.21. The van der Waals surface area contributed by atoms with Gasteiger partial charge in [-0.25, -0.2) is 0 Å². The van der Waals surface area contributed by atoms with Crippen LogP contribution in [0.4, 0.5) is 5.69 Å². The molecule has 0 aliphatic carbocycles. The molecule has 0 heterocycles. The Bertz CT molecular complexity index is 1050. The van der Waals surface area contributed by atoms with E-state index in [1.54, 1.807) is 0 Å². The van der Waals surface area contributed by atoms with Crippen LogP contribution in [0.2, 0.25) is 5.02 Å². The fourth-order valence-electron chi connectivity index (χ4n) is 3.08. The molecule has 0 amide bonds. The van der Waals surface area contributed by atoms with Crippen molar-refractivity contribution in [3.8, 4) is 6.07 Å². The van der Waals surface area contributed by atoms with Crippen LogP contribution >= 0.6 is 23.4 Å². The van der Waals surface area contributed by atoms with E-state index in [0.717, 1.165) is 21.6 Å². The highest BCUT2D eigenvalue weighted by atomic mass is 35.5. The third kappa shape index (κ3) is 4.33. The van der Waals surface area contributed by atoms with E-state index in [1.807, 2.05) is 79.7 Å². The quantitative estimate of drug-likeness (QED) is 0.317. The predicted molar refractivity (Wildman–Crippen MR) is 118 cm³/mol. The fourth-order valence-corrected chi connectivity index (χ4v) is 4.05. The highest BCUT2D eigenvalue weighted by Gasteiger charge is 2.24. The molecule has 1 atom stereocenters. The molecule has 3 nitrogen and oxygen atoms in total. The van der Waals surface area contributed by atoms with Gasteiger partial charge in [-0.2, -0.15) is 5.26 Å². The molecule has 3 aromatic carbocycles. The lowest BCUT2D eigenvalue weighted by Crippen LogP contribution is -2.11. The van der Waals surface area contributed by atoms with Crippen molar-refractivity contribution in [1.82, 2.24) is 0 Å². The van der Waals surface area contributed by atoms with Gasteiger partial charge in [0, 0.05) is 21.5 Å². The van der Waals surface area contributed by atoms with Gasteiger partial charge in [-0.15, -0.1) is 0 Å². The summed E-state index contributed by atoms with van der Waals surface area (Å²) in [7, 11) is 0. The maximum Gasteiger partial charge on any atom is 0.0984 e. The van der Waals surface area contributed by atoms with Crippen LogP contribution in [0.3, 0.4) is 0 Å². The Morgan fingerprint density at radius 3 is 2.29 bits per heavy atom. The second-order valence-electron chi connectivity index (χ2n) is 6.37. The number of allylic oxidation sites excluding steroid dienone is 1. The van der Waals surface area contributed by atoms with Gasteiger partial charge in [-0.05, 0) is 47.9 Å². The molecule has 0 spiro atoms. The number of halogens is 1. The summed E-state index contributed by atoms with van der Waals surface area (Å²) in [6.07, 6.45) is 0. The number of rotatable bonds is 5. The van der Waals surface area contributed by atoms with E-state index < -0.39 is 0 Å². The number of benzene rings is 3. The van der Waals surface area contributed by atoms with E-state index in [4.69, 9.17) is 23.1 Å².